The van der Waals surface area contributed by atoms with Crippen molar-refractivity contribution in [2.45, 2.75) is 71.4 Å². The first-order valence-corrected chi connectivity index (χ1v) is 10.8. The topological polar surface area (TPSA) is 67.7 Å². The summed E-state index contributed by atoms with van der Waals surface area (Å²) in [4.78, 5) is 33.5. The van der Waals surface area contributed by atoms with Crippen LogP contribution in [0.5, 0.6) is 0 Å². The minimum absolute atomic E-state index is 0.157. The van der Waals surface area contributed by atoms with Gasteiger partial charge in [-0.15, -0.1) is 0 Å². The van der Waals surface area contributed by atoms with E-state index >= 15 is 0 Å². The van der Waals surface area contributed by atoms with Crippen LogP contribution >= 0.6 is 0 Å². The normalized spacial score (nSPS) is 19.0. The summed E-state index contributed by atoms with van der Waals surface area (Å²) < 4.78 is 6.89. The van der Waals surface area contributed by atoms with E-state index in [4.69, 9.17) is 4.74 Å². The van der Waals surface area contributed by atoms with Crippen LogP contribution in [0.1, 0.15) is 57.0 Å². The Morgan fingerprint density at radius 2 is 1.86 bits per heavy atom. The molecule has 7 nitrogen and oxygen atoms in total. The van der Waals surface area contributed by atoms with Crippen molar-refractivity contribution in [2.75, 3.05) is 32.8 Å². The molecule has 156 valence electrons. The van der Waals surface area contributed by atoms with Crippen LogP contribution in [-0.4, -0.2) is 70.1 Å². The van der Waals surface area contributed by atoms with Crippen LogP contribution < -0.4 is 0 Å². The number of aromatic nitrogens is 2. The highest BCUT2D eigenvalue weighted by atomic mass is 16.5. The summed E-state index contributed by atoms with van der Waals surface area (Å²) in [5, 5.41) is 0. The standard InChI is InChI=1S/C21H34N4O3/c1-3-28-21(27)16-25-17(2)15-22-19(25)7-8-20(26)24-13-9-18(10-14-24)23-11-5-4-6-12-23/h15,18H,3-14,16H2,1-2H3. The van der Waals surface area contributed by atoms with Gasteiger partial charge in [-0.1, -0.05) is 6.42 Å². The zero-order chi connectivity index (χ0) is 19.9. The number of rotatable bonds is 7. The van der Waals surface area contributed by atoms with E-state index in [0.717, 1.165) is 37.4 Å². The Morgan fingerprint density at radius 1 is 1.14 bits per heavy atom. The first kappa shape index (κ1) is 20.8. The van der Waals surface area contributed by atoms with Gasteiger partial charge in [0.15, 0.2) is 0 Å². The fourth-order valence-corrected chi connectivity index (χ4v) is 4.40. The summed E-state index contributed by atoms with van der Waals surface area (Å²) in [5.74, 6) is 0.707. The van der Waals surface area contributed by atoms with Crippen molar-refractivity contribution in [3.63, 3.8) is 0 Å². The molecule has 2 fully saturated rings. The van der Waals surface area contributed by atoms with Crippen LogP contribution in [0.15, 0.2) is 6.20 Å². The summed E-state index contributed by atoms with van der Waals surface area (Å²) in [6.07, 6.45) is 8.91. The predicted octanol–water partition coefficient (Wildman–Crippen LogP) is 2.16. The average Bonchev–Trinajstić information content (AvgIpc) is 3.06. The van der Waals surface area contributed by atoms with E-state index in [0.29, 0.717) is 25.5 Å². The number of esters is 1. The van der Waals surface area contributed by atoms with Crippen molar-refractivity contribution in [1.82, 2.24) is 19.4 Å². The van der Waals surface area contributed by atoms with Crippen molar-refractivity contribution >= 4 is 11.9 Å². The van der Waals surface area contributed by atoms with Gasteiger partial charge in [0, 0.05) is 43.9 Å². The monoisotopic (exact) mass is 390 g/mol. The number of likely N-dealkylation sites (tertiary alicyclic amines) is 2. The van der Waals surface area contributed by atoms with Crippen LogP contribution in [0.3, 0.4) is 0 Å². The maximum Gasteiger partial charge on any atom is 0.325 e. The maximum absolute atomic E-state index is 12.7. The highest BCUT2D eigenvalue weighted by Gasteiger charge is 2.27. The Hall–Kier alpha value is -1.89. The van der Waals surface area contributed by atoms with Gasteiger partial charge in [0.25, 0.3) is 0 Å². The number of ether oxygens (including phenoxy) is 1. The first-order valence-electron chi connectivity index (χ1n) is 10.8. The van der Waals surface area contributed by atoms with Crippen LogP contribution in [0.25, 0.3) is 0 Å². The quantitative estimate of drug-likeness (QED) is 0.668. The summed E-state index contributed by atoms with van der Waals surface area (Å²) in [7, 11) is 0. The van der Waals surface area contributed by atoms with Gasteiger partial charge in [-0.25, -0.2) is 4.98 Å². The van der Waals surface area contributed by atoms with Gasteiger partial charge in [0.05, 0.1) is 6.61 Å². The van der Waals surface area contributed by atoms with Crippen molar-refractivity contribution in [2.24, 2.45) is 0 Å². The maximum atomic E-state index is 12.7. The van der Waals surface area contributed by atoms with Crippen LogP contribution in [-0.2, 0) is 27.3 Å². The number of aryl methyl sites for hydroxylation is 2. The summed E-state index contributed by atoms with van der Waals surface area (Å²) in [6.45, 7) is 8.41. The number of amides is 1. The average molecular weight is 391 g/mol. The van der Waals surface area contributed by atoms with Gasteiger partial charge in [-0.2, -0.15) is 0 Å². The molecule has 0 aromatic carbocycles. The predicted molar refractivity (Wildman–Crippen MR) is 107 cm³/mol. The molecule has 28 heavy (non-hydrogen) atoms. The molecule has 0 N–H and O–H groups in total. The Labute approximate surface area is 168 Å². The third-order valence-corrected chi connectivity index (χ3v) is 6.02. The Balaban J connectivity index is 1.46. The van der Waals surface area contributed by atoms with Gasteiger partial charge >= 0.3 is 5.97 Å². The molecule has 0 radical (unpaired) electrons. The zero-order valence-electron chi connectivity index (χ0n) is 17.4. The Morgan fingerprint density at radius 3 is 2.54 bits per heavy atom. The van der Waals surface area contributed by atoms with E-state index in [1.165, 1.54) is 32.4 Å². The summed E-state index contributed by atoms with van der Waals surface area (Å²) >= 11 is 0. The minimum Gasteiger partial charge on any atom is -0.465 e. The van der Waals surface area contributed by atoms with E-state index in [1.807, 2.05) is 16.4 Å². The van der Waals surface area contributed by atoms with Gasteiger partial charge in [0.2, 0.25) is 5.91 Å². The summed E-state index contributed by atoms with van der Waals surface area (Å²) in [6, 6.07) is 0.649. The number of nitrogens with zero attached hydrogens (tertiary/aromatic N) is 4. The van der Waals surface area contributed by atoms with Crippen LogP contribution in [0.2, 0.25) is 0 Å². The van der Waals surface area contributed by atoms with Gasteiger partial charge < -0.3 is 19.1 Å². The third kappa shape index (κ3) is 5.34. The molecular formula is C21H34N4O3. The summed E-state index contributed by atoms with van der Waals surface area (Å²) in [5.41, 5.74) is 0.915. The number of imidazole rings is 1. The fraction of sp³-hybridized carbons (Fsp3) is 0.762. The number of hydrogen-bond acceptors (Lipinski definition) is 5. The molecule has 0 unspecified atom stereocenters. The smallest absolute Gasteiger partial charge is 0.325 e. The Kier molecular flexibility index (Phi) is 7.48. The van der Waals surface area contributed by atoms with Gasteiger partial charge in [-0.3, -0.25) is 9.59 Å². The largest absolute Gasteiger partial charge is 0.465 e. The van der Waals surface area contributed by atoms with E-state index in [-0.39, 0.29) is 18.4 Å². The molecule has 0 bridgehead atoms. The lowest BCUT2D eigenvalue weighted by molar-refractivity contribution is -0.143. The van der Waals surface area contributed by atoms with Gasteiger partial charge in [0.1, 0.15) is 12.4 Å². The molecule has 2 aliphatic rings. The molecule has 7 heteroatoms. The van der Waals surface area contributed by atoms with Crippen molar-refractivity contribution in [3.8, 4) is 0 Å². The van der Waals surface area contributed by atoms with Gasteiger partial charge in [-0.05, 0) is 52.6 Å². The van der Waals surface area contributed by atoms with Crippen molar-refractivity contribution in [1.29, 1.82) is 0 Å². The third-order valence-electron chi connectivity index (χ3n) is 6.02. The zero-order valence-corrected chi connectivity index (χ0v) is 17.4. The second-order valence-corrected chi connectivity index (χ2v) is 7.92. The molecule has 0 aliphatic carbocycles. The lowest BCUT2D eigenvalue weighted by Crippen LogP contribution is -2.48. The molecule has 1 aromatic heterocycles. The molecule has 1 amide bonds. The molecule has 3 rings (SSSR count). The van der Waals surface area contributed by atoms with Crippen LogP contribution in [0.4, 0.5) is 0 Å². The molecule has 0 spiro atoms. The van der Waals surface area contributed by atoms with Crippen molar-refractivity contribution in [3.05, 3.63) is 17.7 Å². The Bertz CT molecular complexity index is 659. The number of carbonyl (C=O) groups is 2. The number of hydrogen-bond donors (Lipinski definition) is 0. The lowest BCUT2D eigenvalue weighted by atomic mass is 9.99. The van der Waals surface area contributed by atoms with E-state index in [1.54, 1.807) is 13.1 Å². The molecule has 1 aromatic rings. The SMILES string of the molecule is CCOC(=O)Cn1c(C)cnc1CCC(=O)N1CCC(N2CCCCC2)CC1. The number of piperidine rings is 2. The number of carbonyl (C=O) groups excluding carboxylic acids is 2. The molecule has 0 atom stereocenters. The van der Waals surface area contributed by atoms with Crippen LogP contribution in [0, 0.1) is 6.92 Å². The second-order valence-electron chi connectivity index (χ2n) is 7.92. The van der Waals surface area contributed by atoms with E-state index < -0.39 is 0 Å². The lowest BCUT2D eigenvalue weighted by Gasteiger charge is -2.40. The highest BCUT2D eigenvalue weighted by Crippen LogP contribution is 2.21. The second kappa shape index (κ2) is 10.0. The molecule has 3 heterocycles. The van der Waals surface area contributed by atoms with E-state index in [2.05, 4.69) is 9.88 Å². The fourth-order valence-electron chi connectivity index (χ4n) is 4.40. The minimum atomic E-state index is -0.268. The molecule has 2 saturated heterocycles. The van der Waals surface area contributed by atoms with E-state index in [9.17, 15) is 9.59 Å². The molecular weight excluding hydrogens is 356 g/mol. The molecule has 2 aliphatic heterocycles. The van der Waals surface area contributed by atoms with Crippen molar-refractivity contribution < 1.29 is 14.3 Å². The molecule has 0 saturated carbocycles. The highest BCUT2D eigenvalue weighted by molar-refractivity contribution is 5.76. The first-order chi connectivity index (χ1) is 13.6.